The average Bonchev–Trinajstić information content (AvgIpc) is 2.61. The van der Waals surface area contributed by atoms with Crippen molar-refractivity contribution >= 4 is 11.8 Å². The van der Waals surface area contributed by atoms with Crippen LogP contribution in [0.3, 0.4) is 0 Å². The first-order valence-corrected chi connectivity index (χ1v) is 9.79. The average molecular weight is 320 g/mol. The molecule has 0 spiro atoms. The van der Waals surface area contributed by atoms with Crippen molar-refractivity contribution < 1.29 is 9.59 Å². The topological polar surface area (TPSA) is 40.6 Å². The van der Waals surface area contributed by atoms with Crippen LogP contribution in [-0.4, -0.2) is 47.8 Å². The van der Waals surface area contributed by atoms with Crippen molar-refractivity contribution in [2.24, 2.45) is 11.8 Å². The van der Waals surface area contributed by atoms with Crippen molar-refractivity contribution in [2.45, 2.75) is 70.6 Å². The van der Waals surface area contributed by atoms with Crippen molar-refractivity contribution in [3.63, 3.8) is 0 Å². The van der Waals surface area contributed by atoms with E-state index in [0.717, 1.165) is 57.3 Å². The smallest absolute Gasteiger partial charge is 0.222 e. The first-order valence-electron chi connectivity index (χ1n) is 9.79. The van der Waals surface area contributed by atoms with E-state index in [1.807, 2.05) is 4.90 Å². The molecular formula is C19H32N2O2. The maximum atomic E-state index is 12.4. The molecular weight excluding hydrogens is 288 g/mol. The van der Waals surface area contributed by atoms with E-state index in [1.54, 1.807) is 0 Å². The molecule has 23 heavy (non-hydrogen) atoms. The highest BCUT2D eigenvalue weighted by molar-refractivity contribution is 5.79. The molecule has 2 unspecified atom stereocenters. The zero-order valence-corrected chi connectivity index (χ0v) is 14.5. The van der Waals surface area contributed by atoms with Crippen LogP contribution in [0.15, 0.2) is 0 Å². The van der Waals surface area contributed by atoms with Gasteiger partial charge in [-0.1, -0.05) is 19.3 Å². The summed E-state index contributed by atoms with van der Waals surface area (Å²) in [6.07, 6.45) is 12.0. The molecule has 0 aromatic heterocycles. The van der Waals surface area contributed by atoms with Gasteiger partial charge in [-0.25, -0.2) is 0 Å². The SMILES string of the molecule is O=C(CCCC(=O)N1CCC2CCCCC2C1)N1CCCCC1. The number of rotatable bonds is 4. The third-order valence-electron chi connectivity index (χ3n) is 6.13. The van der Waals surface area contributed by atoms with Gasteiger partial charge >= 0.3 is 0 Å². The molecule has 2 atom stereocenters. The number of likely N-dealkylation sites (tertiary alicyclic amines) is 2. The number of fused-ring (bicyclic) bond motifs is 1. The highest BCUT2D eigenvalue weighted by Crippen LogP contribution is 2.36. The number of hydrogen-bond donors (Lipinski definition) is 0. The third-order valence-corrected chi connectivity index (χ3v) is 6.13. The van der Waals surface area contributed by atoms with Gasteiger partial charge in [-0.2, -0.15) is 0 Å². The van der Waals surface area contributed by atoms with Gasteiger partial charge in [0.15, 0.2) is 0 Å². The summed E-state index contributed by atoms with van der Waals surface area (Å²) in [6.45, 7) is 3.76. The fourth-order valence-corrected chi connectivity index (χ4v) is 4.68. The van der Waals surface area contributed by atoms with Gasteiger partial charge in [0.1, 0.15) is 0 Å². The molecule has 1 saturated carbocycles. The highest BCUT2D eigenvalue weighted by atomic mass is 16.2. The Morgan fingerprint density at radius 3 is 2.09 bits per heavy atom. The number of nitrogens with zero attached hydrogens (tertiary/aromatic N) is 2. The molecule has 3 rings (SSSR count). The van der Waals surface area contributed by atoms with E-state index in [4.69, 9.17) is 0 Å². The molecule has 0 aromatic carbocycles. The standard InChI is InChI=1S/C19H32N2O2/c22-18(20-12-4-1-5-13-20)9-6-10-19(23)21-14-11-16-7-2-3-8-17(16)15-21/h16-17H,1-15H2. The summed E-state index contributed by atoms with van der Waals surface area (Å²) in [7, 11) is 0. The van der Waals surface area contributed by atoms with Crippen molar-refractivity contribution in [2.75, 3.05) is 26.2 Å². The summed E-state index contributed by atoms with van der Waals surface area (Å²) in [6, 6.07) is 0. The van der Waals surface area contributed by atoms with Gasteiger partial charge in [-0.05, 0) is 50.4 Å². The van der Waals surface area contributed by atoms with Crippen LogP contribution in [0.5, 0.6) is 0 Å². The van der Waals surface area contributed by atoms with Crippen LogP contribution in [0.1, 0.15) is 70.6 Å². The summed E-state index contributed by atoms with van der Waals surface area (Å²) in [5.41, 5.74) is 0. The van der Waals surface area contributed by atoms with Gasteiger partial charge in [0.05, 0.1) is 0 Å². The zero-order valence-electron chi connectivity index (χ0n) is 14.5. The molecule has 1 aliphatic carbocycles. The van der Waals surface area contributed by atoms with Gasteiger partial charge in [-0.15, -0.1) is 0 Å². The van der Waals surface area contributed by atoms with Crippen LogP contribution in [0, 0.1) is 11.8 Å². The van der Waals surface area contributed by atoms with Crippen LogP contribution in [0.25, 0.3) is 0 Å². The molecule has 0 radical (unpaired) electrons. The Bertz CT molecular complexity index is 418. The fourth-order valence-electron chi connectivity index (χ4n) is 4.68. The van der Waals surface area contributed by atoms with Gasteiger partial charge in [0.25, 0.3) is 0 Å². The van der Waals surface area contributed by atoms with E-state index in [1.165, 1.54) is 38.5 Å². The second-order valence-corrected chi connectivity index (χ2v) is 7.73. The van der Waals surface area contributed by atoms with Gasteiger partial charge in [0, 0.05) is 39.0 Å². The molecule has 2 aliphatic heterocycles. The Balaban J connectivity index is 1.36. The summed E-state index contributed by atoms with van der Waals surface area (Å²) in [5.74, 6) is 2.15. The second-order valence-electron chi connectivity index (χ2n) is 7.73. The minimum Gasteiger partial charge on any atom is -0.343 e. The molecule has 4 nitrogen and oxygen atoms in total. The maximum Gasteiger partial charge on any atom is 0.222 e. The molecule has 0 bridgehead atoms. The molecule has 2 saturated heterocycles. The molecule has 130 valence electrons. The lowest BCUT2D eigenvalue weighted by Crippen LogP contribution is -2.44. The van der Waals surface area contributed by atoms with Crippen molar-refractivity contribution in [1.82, 2.24) is 9.80 Å². The number of amides is 2. The van der Waals surface area contributed by atoms with E-state index in [-0.39, 0.29) is 11.8 Å². The Labute approximate surface area is 140 Å². The quantitative estimate of drug-likeness (QED) is 0.798. The predicted molar refractivity (Wildman–Crippen MR) is 90.9 cm³/mol. The van der Waals surface area contributed by atoms with Crippen LogP contribution in [-0.2, 0) is 9.59 Å². The summed E-state index contributed by atoms with van der Waals surface area (Å²) < 4.78 is 0. The third kappa shape index (κ3) is 4.48. The Morgan fingerprint density at radius 2 is 1.35 bits per heavy atom. The second kappa shape index (κ2) is 8.16. The fraction of sp³-hybridized carbons (Fsp3) is 0.895. The lowest BCUT2D eigenvalue weighted by Gasteiger charge is -2.41. The van der Waals surface area contributed by atoms with Crippen LogP contribution >= 0.6 is 0 Å². The molecule has 0 N–H and O–H groups in total. The number of carbonyl (C=O) groups is 2. The summed E-state index contributed by atoms with van der Waals surface area (Å²) >= 11 is 0. The molecule has 2 heterocycles. The first-order chi connectivity index (χ1) is 11.2. The monoisotopic (exact) mass is 320 g/mol. The molecule has 0 aromatic rings. The number of carbonyl (C=O) groups excluding carboxylic acids is 2. The van der Waals surface area contributed by atoms with Crippen LogP contribution in [0.2, 0.25) is 0 Å². The maximum absolute atomic E-state index is 12.4. The largest absolute Gasteiger partial charge is 0.343 e. The van der Waals surface area contributed by atoms with Crippen molar-refractivity contribution in [3.8, 4) is 0 Å². The van der Waals surface area contributed by atoms with Crippen molar-refractivity contribution in [1.29, 1.82) is 0 Å². The lowest BCUT2D eigenvalue weighted by atomic mass is 9.75. The first kappa shape index (κ1) is 16.8. The van der Waals surface area contributed by atoms with Gasteiger partial charge in [0.2, 0.25) is 11.8 Å². The summed E-state index contributed by atoms with van der Waals surface area (Å²) in [5, 5.41) is 0. The molecule has 3 aliphatic rings. The lowest BCUT2D eigenvalue weighted by molar-refractivity contribution is -0.135. The van der Waals surface area contributed by atoms with E-state index >= 15 is 0 Å². The Kier molecular flexibility index (Phi) is 5.96. The molecule has 3 fully saturated rings. The highest BCUT2D eigenvalue weighted by Gasteiger charge is 2.32. The zero-order chi connectivity index (χ0) is 16.1. The van der Waals surface area contributed by atoms with E-state index in [9.17, 15) is 9.59 Å². The van der Waals surface area contributed by atoms with Crippen LogP contribution in [0.4, 0.5) is 0 Å². The normalized spacial score (nSPS) is 28.3. The predicted octanol–water partition coefficient (Wildman–Crippen LogP) is 3.21. The number of piperidine rings is 2. The minimum absolute atomic E-state index is 0.253. The minimum atomic E-state index is 0.253. The summed E-state index contributed by atoms with van der Waals surface area (Å²) in [4.78, 5) is 28.6. The van der Waals surface area contributed by atoms with E-state index < -0.39 is 0 Å². The number of hydrogen-bond acceptors (Lipinski definition) is 2. The Morgan fingerprint density at radius 1 is 0.696 bits per heavy atom. The van der Waals surface area contributed by atoms with Crippen molar-refractivity contribution in [3.05, 3.63) is 0 Å². The van der Waals surface area contributed by atoms with E-state index in [0.29, 0.717) is 12.8 Å². The van der Waals surface area contributed by atoms with Gasteiger partial charge < -0.3 is 9.80 Å². The molecule has 2 amide bonds. The Hall–Kier alpha value is -1.06. The van der Waals surface area contributed by atoms with E-state index in [2.05, 4.69) is 4.90 Å². The van der Waals surface area contributed by atoms with Gasteiger partial charge in [-0.3, -0.25) is 9.59 Å². The van der Waals surface area contributed by atoms with Crippen LogP contribution < -0.4 is 0 Å². The molecule has 4 heteroatoms.